The molecule has 4 rings (SSSR count). The van der Waals surface area contributed by atoms with Crippen LogP contribution < -0.4 is 0 Å². The molecule has 3 aliphatic heterocycles. The van der Waals surface area contributed by atoms with Crippen molar-refractivity contribution in [2.24, 2.45) is 0 Å². The van der Waals surface area contributed by atoms with Gasteiger partial charge in [0, 0.05) is 0 Å². The molecule has 1 aromatic rings. The molecule has 0 amide bonds. The molecule has 1 N–H and O–H groups in total. The fourth-order valence-corrected chi connectivity index (χ4v) is 4.50. The summed E-state index contributed by atoms with van der Waals surface area (Å²) < 4.78 is 29.4. The van der Waals surface area contributed by atoms with E-state index in [1.807, 2.05) is 19.9 Å². The zero-order valence-electron chi connectivity index (χ0n) is 17.7. The Morgan fingerprint density at radius 1 is 1.07 bits per heavy atom. The molecule has 0 saturated carbocycles. The van der Waals surface area contributed by atoms with E-state index in [1.54, 1.807) is 24.3 Å². The molecule has 0 radical (unpaired) electrons. The normalized spacial score (nSPS) is 34.6. The first kappa shape index (κ1) is 21.7. The lowest BCUT2D eigenvalue weighted by Gasteiger charge is -2.36. The van der Waals surface area contributed by atoms with Gasteiger partial charge in [-0.2, -0.15) is 0 Å². The molecule has 30 heavy (non-hydrogen) atoms. The molecular formula is C23H32O7. The number of esters is 1. The molecule has 3 saturated heterocycles. The Balaban J connectivity index is 1.24. The minimum absolute atomic E-state index is 0.00456. The molecule has 0 unspecified atom stereocenters. The quantitative estimate of drug-likeness (QED) is 0.709. The molecule has 3 heterocycles. The Bertz CT molecular complexity index is 707. The Morgan fingerprint density at radius 2 is 1.77 bits per heavy atom. The van der Waals surface area contributed by atoms with E-state index in [0.29, 0.717) is 12.2 Å². The summed E-state index contributed by atoms with van der Waals surface area (Å²) in [7, 11) is 0. The number of aliphatic hydroxyl groups excluding tert-OH is 1. The van der Waals surface area contributed by atoms with Crippen LogP contribution in [0.25, 0.3) is 0 Å². The number of carbonyl (C=O) groups is 1. The summed E-state index contributed by atoms with van der Waals surface area (Å²) in [4.78, 5) is 12.1. The lowest BCUT2D eigenvalue weighted by atomic mass is 9.96. The number of rotatable bonds is 6. The highest BCUT2D eigenvalue weighted by Crippen LogP contribution is 2.35. The van der Waals surface area contributed by atoms with Gasteiger partial charge in [-0.3, -0.25) is 0 Å². The van der Waals surface area contributed by atoms with Crippen molar-refractivity contribution < 1.29 is 33.6 Å². The van der Waals surface area contributed by atoms with Crippen molar-refractivity contribution in [3.63, 3.8) is 0 Å². The van der Waals surface area contributed by atoms with E-state index in [2.05, 4.69) is 0 Å². The van der Waals surface area contributed by atoms with E-state index >= 15 is 0 Å². The van der Waals surface area contributed by atoms with E-state index in [1.165, 1.54) is 0 Å². The van der Waals surface area contributed by atoms with Crippen LogP contribution in [-0.2, 0) is 23.7 Å². The van der Waals surface area contributed by atoms with Gasteiger partial charge < -0.3 is 28.8 Å². The van der Waals surface area contributed by atoms with Gasteiger partial charge in [-0.1, -0.05) is 18.2 Å². The summed E-state index contributed by atoms with van der Waals surface area (Å²) in [6.45, 7) is 4.31. The van der Waals surface area contributed by atoms with Gasteiger partial charge in [0.15, 0.2) is 5.79 Å². The summed E-state index contributed by atoms with van der Waals surface area (Å²) in [6.07, 6.45) is 3.15. The minimum atomic E-state index is -0.852. The van der Waals surface area contributed by atoms with Crippen LogP contribution in [0.5, 0.6) is 0 Å². The fourth-order valence-electron chi connectivity index (χ4n) is 4.50. The van der Waals surface area contributed by atoms with Gasteiger partial charge >= 0.3 is 5.97 Å². The van der Waals surface area contributed by atoms with Crippen LogP contribution in [0.1, 0.15) is 56.3 Å². The van der Waals surface area contributed by atoms with Crippen molar-refractivity contribution in [3.05, 3.63) is 35.9 Å². The number of hydrogen-bond donors (Lipinski definition) is 1. The van der Waals surface area contributed by atoms with Gasteiger partial charge in [0.2, 0.25) is 0 Å². The van der Waals surface area contributed by atoms with Crippen molar-refractivity contribution >= 4 is 5.97 Å². The highest BCUT2D eigenvalue weighted by molar-refractivity contribution is 5.89. The average molecular weight is 421 g/mol. The second-order valence-corrected chi connectivity index (χ2v) is 8.83. The second-order valence-electron chi connectivity index (χ2n) is 8.83. The largest absolute Gasteiger partial charge is 0.459 e. The number of hydrogen-bond acceptors (Lipinski definition) is 7. The minimum Gasteiger partial charge on any atom is -0.459 e. The predicted molar refractivity (Wildman–Crippen MR) is 108 cm³/mol. The second kappa shape index (κ2) is 9.32. The van der Waals surface area contributed by atoms with E-state index in [-0.39, 0.29) is 37.1 Å². The lowest BCUT2D eigenvalue weighted by Crippen LogP contribution is -2.43. The maximum Gasteiger partial charge on any atom is 0.338 e. The first-order chi connectivity index (χ1) is 14.4. The Labute approximate surface area is 177 Å². The predicted octanol–water partition coefficient (Wildman–Crippen LogP) is 2.84. The summed E-state index contributed by atoms with van der Waals surface area (Å²) in [5.41, 5.74) is 0.470. The summed E-state index contributed by atoms with van der Waals surface area (Å²) in [5.74, 6) is -0.999. The number of ether oxygens (including phenoxy) is 5. The van der Waals surface area contributed by atoms with Crippen LogP contribution in [0.4, 0.5) is 0 Å². The van der Waals surface area contributed by atoms with E-state index in [9.17, 15) is 9.90 Å². The first-order valence-electron chi connectivity index (χ1n) is 10.9. The molecule has 7 nitrogen and oxygen atoms in total. The molecule has 0 bridgehead atoms. The zero-order valence-corrected chi connectivity index (χ0v) is 17.7. The van der Waals surface area contributed by atoms with E-state index in [0.717, 1.165) is 32.1 Å². The fraction of sp³-hybridized carbons (Fsp3) is 0.696. The number of benzene rings is 1. The van der Waals surface area contributed by atoms with Crippen molar-refractivity contribution in [1.29, 1.82) is 0 Å². The van der Waals surface area contributed by atoms with Crippen molar-refractivity contribution in [2.45, 2.75) is 88.4 Å². The summed E-state index contributed by atoms with van der Waals surface area (Å²) in [6, 6.07) is 8.77. The standard InChI is InChI=1S/C23H32O7/c1-23(2)27-14-21(30-23)19-10-6-9-18(29-19)20-12-11-17(28-20)16(24)13-26-22(25)15-7-4-3-5-8-15/h3-5,7-8,16-21,24H,6,9-14H2,1-2H3/t16-,17+,18+,19-,20+,21+/m0/s1. The van der Waals surface area contributed by atoms with Crippen LogP contribution in [0.15, 0.2) is 30.3 Å². The number of carbonyl (C=O) groups excluding carboxylic acids is 1. The molecule has 0 spiro atoms. The molecule has 0 aliphatic carbocycles. The van der Waals surface area contributed by atoms with E-state index in [4.69, 9.17) is 23.7 Å². The molecule has 3 fully saturated rings. The highest BCUT2D eigenvalue weighted by Gasteiger charge is 2.43. The van der Waals surface area contributed by atoms with Crippen LogP contribution in [-0.4, -0.2) is 66.7 Å². The monoisotopic (exact) mass is 420 g/mol. The van der Waals surface area contributed by atoms with Gasteiger partial charge in [0.05, 0.1) is 36.6 Å². The Hall–Kier alpha value is -1.51. The van der Waals surface area contributed by atoms with Gasteiger partial charge in [0.1, 0.15) is 18.8 Å². The molecule has 0 aromatic heterocycles. The topological polar surface area (TPSA) is 83.5 Å². The van der Waals surface area contributed by atoms with Gasteiger partial charge in [-0.25, -0.2) is 4.79 Å². The average Bonchev–Trinajstić information content (AvgIpc) is 3.39. The molecular weight excluding hydrogens is 388 g/mol. The third kappa shape index (κ3) is 5.21. The summed E-state index contributed by atoms with van der Waals surface area (Å²) in [5, 5.41) is 10.5. The SMILES string of the molecule is CC1(C)OC[C@H]([C@@H]2CCC[C@H]([C@H]3CC[C@H]([C@@H](O)COC(=O)c4ccccc4)O3)O2)O1. The zero-order chi connectivity index (χ0) is 21.1. The molecule has 7 heteroatoms. The molecule has 6 atom stereocenters. The number of aliphatic hydroxyl groups is 1. The Morgan fingerprint density at radius 3 is 2.47 bits per heavy atom. The van der Waals surface area contributed by atoms with Crippen molar-refractivity contribution in [1.82, 2.24) is 0 Å². The van der Waals surface area contributed by atoms with Crippen LogP contribution in [0, 0.1) is 0 Å². The van der Waals surface area contributed by atoms with Gasteiger partial charge in [0.25, 0.3) is 0 Å². The lowest BCUT2D eigenvalue weighted by molar-refractivity contribution is -0.187. The highest BCUT2D eigenvalue weighted by atomic mass is 16.7. The van der Waals surface area contributed by atoms with Crippen LogP contribution in [0.2, 0.25) is 0 Å². The van der Waals surface area contributed by atoms with Crippen molar-refractivity contribution in [3.8, 4) is 0 Å². The third-order valence-electron chi connectivity index (χ3n) is 6.10. The van der Waals surface area contributed by atoms with Crippen LogP contribution >= 0.6 is 0 Å². The van der Waals surface area contributed by atoms with Crippen molar-refractivity contribution in [2.75, 3.05) is 13.2 Å². The van der Waals surface area contributed by atoms with Crippen LogP contribution in [0.3, 0.4) is 0 Å². The molecule has 3 aliphatic rings. The smallest absolute Gasteiger partial charge is 0.338 e. The maximum absolute atomic E-state index is 12.1. The van der Waals surface area contributed by atoms with E-state index < -0.39 is 17.9 Å². The Kier molecular flexibility index (Phi) is 6.75. The maximum atomic E-state index is 12.1. The first-order valence-corrected chi connectivity index (χ1v) is 10.9. The van der Waals surface area contributed by atoms with Gasteiger partial charge in [-0.05, 0) is 58.1 Å². The summed E-state index contributed by atoms with van der Waals surface area (Å²) >= 11 is 0. The molecule has 1 aromatic carbocycles. The molecule has 166 valence electrons. The van der Waals surface area contributed by atoms with Gasteiger partial charge in [-0.15, -0.1) is 0 Å². The third-order valence-corrected chi connectivity index (χ3v) is 6.10.